The van der Waals surface area contributed by atoms with Gasteiger partial charge < -0.3 is 5.32 Å². The zero-order valence-corrected chi connectivity index (χ0v) is 15.3. The Morgan fingerprint density at radius 3 is 2.81 bits per heavy atom. The maximum atomic E-state index is 13.6. The van der Waals surface area contributed by atoms with Crippen molar-refractivity contribution >= 4 is 34.2 Å². The molecule has 4 rings (SSSR count). The molecular weight excluding hydrogens is 374 g/mol. The summed E-state index contributed by atoms with van der Waals surface area (Å²) in [5, 5.41) is 7.85. The number of nitrogens with one attached hydrogen (secondary N) is 1. The van der Waals surface area contributed by atoms with E-state index in [2.05, 4.69) is 15.4 Å². The van der Waals surface area contributed by atoms with Gasteiger partial charge in [-0.15, -0.1) is 0 Å². The van der Waals surface area contributed by atoms with Crippen LogP contribution in [-0.2, 0) is 11.3 Å². The molecule has 1 fully saturated rings. The van der Waals surface area contributed by atoms with Gasteiger partial charge in [-0.2, -0.15) is 5.10 Å². The van der Waals surface area contributed by atoms with Crippen LogP contribution in [0.25, 0.3) is 11.0 Å². The van der Waals surface area contributed by atoms with Gasteiger partial charge in [0.1, 0.15) is 6.54 Å². The average Bonchev–Trinajstić information content (AvgIpc) is 3.40. The zero-order chi connectivity index (χ0) is 19.1. The van der Waals surface area contributed by atoms with Crippen LogP contribution in [0.15, 0.2) is 30.3 Å². The van der Waals surface area contributed by atoms with Crippen molar-refractivity contribution in [3.05, 3.63) is 52.3 Å². The van der Waals surface area contributed by atoms with Crippen molar-refractivity contribution in [1.29, 1.82) is 0 Å². The summed E-state index contributed by atoms with van der Waals surface area (Å²) in [6.07, 6.45) is -0.725. The Morgan fingerprint density at radius 1 is 1.37 bits per heavy atom. The summed E-state index contributed by atoms with van der Waals surface area (Å²) < 4.78 is 28.6. The van der Waals surface area contributed by atoms with E-state index in [9.17, 15) is 13.6 Å². The molecule has 0 bridgehead atoms. The number of pyridine rings is 1. The van der Waals surface area contributed by atoms with E-state index in [0.29, 0.717) is 33.1 Å². The summed E-state index contributed by atoms with van der Waals surface area (Å²) >= 11 is 5.92. The van der Waals surface area contributed by atoms with E-state index >= 15 is 0 Å². The monoisotopic (exact) mass is 390 g/mol. The van der Waals surface area contributed by atoms with Crippen LogP contribution in [-0.4, -0.2) is 20.7 Å². The number of carbonyl (C=O) groups is 1. The number of anilines is 1. The number of hydrogen-bond acceptors (Lipinski definition) is 3. The first-order chi connectivity index (χ1) is 12.9. The fourth-order valence-electron chi connectivity index (χ4n) is 3.18. The van der Waals surface area contributed by atoms with Crippen molar-refractivity contribution in [3.8, 4) is 0 Å². The van der Waals surface area contributed by atoms with E-state index in [0.717, 1.165) is 12.8 Å². The Balaban J connectivity index is 1.68. The molecule has 2 aromatic heterocycles. The highest BCUT2D eigenvalue weighted by Gasteiger charge is 2.29. The molecule has 27 heavy (non-hydrogen) atoms. The number of hydrogen-bond donors (Lipinski definition) is 1. The van der Waals surface area contributed by atoms with Crippen LogP contribution in [0.3, 0.4) is 0 Å². The van der Waals surface area contributed by atoms with Crippen LogP contribution in [0.1, 0.15) is 42.1 Å². The van der Waals surface area contributed by atoms with Gasteiger partial charge in [0.2, 0.25) is 5.91 Å². The Kier molecular flexibility index (Phi) is 4.55. The molecular formula is C19H17ClF2N4O. The molecule has 1 N–H and O–H groups in total. The number of benzene rings is 1. The number of nitrogens with zero attached hydrogens (tertiary/aromatic N) is 3. The molecule has 0 saturated heterocycles. The van der Waals surface area contributed by atoms with Crippen LogP contribution in [0.2, 0.25) is 5.02 Å². The van der Waals surface area contributed by atoms with Gasteiger partial charge in [-0.3, -0.25) is 4.79 Å². The van der Waals surface area contributed by atoms with Crippen molar-refractivity contribution in [2.24, 2.45) is 0 Å². The zero-order valence-electron chi connectivity index (χ0n) is 14.5. The van der Waals surface area contributed by atoms with E-state index in [1.165, 1.54) is 10.7 Å². The second-order valence-corrected chi connectivity index (χ2v) is 7.15. The minimum absolute atomic E-state index is 0.0686. The van der Waals surface area contributed by atoms with E-state index in [-0.39, 0.29) is 23.9 Å². The van der Waals surface area contributed by atoms with Crippen LogP contribution in [0.5, 0.6) is 0 Å². The third kappa shape index (κ3) is 3.64. The standard InChI is InChI=1S/C19H17ClF2N4O/c1-10-17-14(18(21)22)8-15(11-5-6-11)24-19(17)26(25-10)9-16(27)23-13-4-2-3-12(20)7-13/h2-4,7-8,11,18H,5-6,9H2,1H3,(H,23,27). The SMILES string of the molecule is Cc1nn(CC(=O)Nc2cccc(Cl)c2)c2nc(C3CC3)cc(C(F)F)c12. The van der Waals surface area contributed by atoms with Crippen molar-refractivity contribution in [1.82, 2.24) is 14.8 Å². The highest BCUT2D eigenvalue weighted by Crippen LogP contribution is 2.41. The summed E-state index contributed by atoms with van der Waals surface area (Å²) in [6.45, 7) is 1.53. The molecule has 0 spiro atoms. The molecule has 1 aromatic carbocycles. The third-order valence-corrected chi connectivity index (χ3v) is 4.80. The van der Waals surface area contributed by atoms with Crippen LogP contribution >= 0.6 is 11.6 Å². The lowest BCUT2D eigenvalue weighted by molar-refractivity contribution is -0.116. The minimum Gasteiger partial charge on any atom is -0.324 e. The molecule has 0 aliphatic heterocycles. The van der Waals surface area contributed by atoms with Gasteiger partial charge >= 0.3 is 0 Å². The van der Waals surface area contributed by atoms with E-state index in [4.69, 9.17) is 11.6 Å². The number of halogens is 3. The number of alkyl halides is 2. The summed E-state index contributed by atoms with van der Waals surface area (Å²) in [5.74, 6) is -0.116. The molecule has 2 heterocycles. The number of aromatic nitrogens is 3. The number of carbonyl (C=O) groups excluding carboxylic acids is 1. The second kappa shape index (κ2) is 6.88. The molecule has 0 unspecified atom stereocenters. The average molecular weight is 391 g/mol. The Hall–Kier alpha value is -2.54. The molecule has 3 aromatic rings. The highest BCUT2D eigenvalue weighted by atomic mass is 35.5. The van der Waals surface area contributed by atoms with E-state index in [1.807, 2.05) is 0 Å². The molecule has 1 aliphatic rings. The molecule has 8 heteroatoms. The molecule has 1 saturated carbocycles. The van der Waals surface area contributed by atoms with Gasteiger partial charge in [0.15, 0.2) is 5.65 Å². The smallest absolute Gasteiger partial charge is 0.264 e. The first kappa shape index (κ1) is 17.9. The molecule has 1 aliphatic carbocycles. The van der Waals surface area contributed by atoms with E-state index < -0.39 is 6.43 Å². The lowest BCUT2D eigenvalue weighted by Crippen LogP contribution is -2.20. The predicted molar refractivity (Wildman–Crippen MR) is 99.3 cm³/mol. The summed E-state index contributed by atoms with van der Waals surface area (Å²) in [7, 11) is 0. The molecule has 140 valence electrons. The van der Waals surface area contributed by atoms with Gasteiger partial charge in [0, 0.05) is 27.9 Å². The highest BCUT2D eigenvalue weighted by molar-refractivity contribution is 6.30. The summed E-state index contributed by atoms with van der Waals surface area (Å²) in [6, 6.07) is 8.26. The number of aryl methyl sites for hydroxylation is 1. The molecule has 1 amide bonds. The van der Waals surface area contributed by atoms with Crippen LogP contribution in [0.4, 0.5) is 14.5 Å². The van der Waals surface area contributed by atoms with E-state index in [1.54, 1.807) is 31.2 Å². The minimum atomic E-state index is -2.62. The Morgan fingerprint density at radius 2 is 2.15 bits per heavy atom. The maximum Gasteiger partial charge on any atom is 0.264 e. The first-order valence-corrected chi connectivity index (χ1v) is 9.01. The summed E-state index contributed by atoms with van der Waals surface area (Å²) in [4.78, 5) is 16.9. The van der Waals surface area contributed by atoms with Crippen molar-refractivity contribution in [2.45, 2.75) is 38.7 Å². The third-order valence-electron chi connectivity index (χ3n) is 4.56. The van der Waals surface area contributed by atoms with Gasteiger partial charge in [-0.25, -0.2) is 18.4 Å². The van der Waals surface area contributed by atoms with Gasteiger partial charge in [0.25, 0.3) is 6.43 Å². The van der Waals surface area contributed by atoms with Gasteiger partial charge in [-0.1, -0.05) is 17.7 Å². The predicted octanol–water partition coefficient (Wildman–Crippen LogP) is 4.85. The second-order valence-electron chi connectivity index (χ2n) is 6.71. The van der Waals surface area contributed by atoms with Crippen LogP contribution < -0.4 is 5.32 Å². The fourth-order valence-corrected chi connectivity index (χ4v) is 3.37. The Bertz CT molecular complexity index is 1030. The van der Waals surface area contributed by atoms with Crippen molar-refractivity contribution < 1.29 is 13.6 Å². The Labute approximate surface area is 159 Å². The lowest BCUT2D eigenvalue weighted by Gasteiger charge is -2.09. The van der Waals surface area contributed by atoms with Crippen molar-refractivity contribution in [2.75, 3.05) is 5.32 Å². The molecule has 5 nitrogen and oxygen atoms in total. The quantitative estimate of drug-likeness (QED) is 0.677. The largest absolute Gasteiger partial charge is 0.324 e. The number of rotatable bonds is 5. The van der Waals surface area contributed by atoms with Gasteiger partial charge in [0.05, 0.1) is 11.1 Å². The van der Waals surface area contributed by atoms with Crippen LogP contribution in [0, 0.1) is 6.92 Å². The maximum absolute atomic E-state index is 13.6. The van der Waals surface area contributed by atoms with Crippen molar-refractivity contribution in [3.63, 3.8) is 0 Å². The normalized spacial score (nSPS) is 14.1. The number of fused-ring (bicyclic) bond motifs is 1. The van der Waals surface area contributed by atoms with Gasteiger partial charge in [-0.05, 0) is 44.0 Å². The molecule has 0 atom stereocenters. The fraction of sp³-hybridized carbons (Fsp3) is 0.316. The first-order valence-electron chi connectivity index (χ1n) is 8.64. The molecule has 0 radical (unpaired) electrons. The lowest BCUT2D eigenvalue weighted by atomic mass is 10.1. The number of amides is 1. The topological polar surface area (TPSA) is 59.8 Å². The summed E-state index contributed by atoms with van der Waals surface area (Å²) in [5.41, 5.74) is 1.90.